The van der Waals surface area contributed by atoms with Crippen LogP contribution in [-0.2, 0) is 0 Å². The van der Waals surface area contributed by atoms with Crippen LogP contribution in [0.1, 0.15) is 50.4 Å². The average Bonchev–Trinajstić information content (AvgIpc) is 2.87. The van der Waals surface area contributed by atoms with Crippen molar-refractivity contribution in [2.24, 2.45) is 5.92 Å². The molecule has 2 aromatic rings. The van der Waals surface area contributed by atoms with Gasteiger partial charge in [0.05, 0.1) is 5.52 Å². The van der Waals surface area contributed by atoms with Crippen LogP contribution in [0, 0.1) is 12.8 Å². The molecule has 3 nitrogen and oxygen atoms in total. The lowest BCUT2D eigenvalue weighted by atomic mass is 9.94. The van der Waals surface area contributed by atoms with Gasteiger partial charge in [0.2, 0.25) is 0 Å². The first-order valence-electron chi connectivity index (χ1n) is 8.66. The zero-order valence-corrected chi connectivity index (χ0v) is 15.9. The summed E-state index contributed by atoms with van der Waals surface area (Å²) in [7, 11) is 0. The van der Waals surface area contributed by atoms with Gasteiger partial charge in [-0.15, -0.1) is 0 Å². The molecule has 0 spiro atoms. The topological polar surface area (TPSA) is 29.9 Å². The Labute approximate surface area is 147 Å². The molecule has 0 bridgehead atoms. The summed E-state index contributed by atoms with van der Waals surface area (Å²) in [6.07, 6.45) is 12.3. The highest BCUT2D eigenvalue weighted by Gasteiger charge is 2.25. The Bertz CT molecular complexity index is 717. The second-order valence-corrected chi connectivity index (χ2v) is 7.49. The minimum Gasteiger partial charge on any atom is -0.341 e. The number of rotatable bonds is 4. The van der Waals surface area contributed by atoms with E-state index in [0.717, 1.165) is 29.7 Å². The Hall–Kier alpha value is -1.13. The molecular formula is C19H26BrN3. The largest absolute Gasteiger partial charge is 0.341 e. The molecule has 1 aliphatic rings. The van der Waals surface area contributed by atoms with Gasteiger partial charge in [-0.1, -0.05) is 32.4 Å². The van der Waals surface area contributed by atoms with E-state index in [1.165, 1.54) is 29.3 Å². The molecule has 3 rings (SSSR count). The number of pyridine rings is 1. The number of hydrogen-bond donors (Lipinski definition) is 1. The van der Waals surface area contributed by atoms with Crippen molar-refractivity contribution >= 4 is 32.9 Å². The molecule has 124 valence electrons. The van der Waals surface area contributed by atoms with E-state index in [1.807, 2.05) is 6.20 Å². The minimum atomic E-state index is 0.498. The maximum atomic E-state index is 4.61. The molecule has 0 saturated carbocycles. The highest BCUT2D eigenvalue weighted by atomic mass is 79.9. The van der Waals surface area contributed by atoms with Crippen LogP contribution < -0.4 is 5.32 Å². The summed E-state index contributed by atoms with van der Waals surface area (Å²) >= 11 is 3.74. The molecule has 2 aromatic heterocycles. The first-order chi connectivity index (χ1) is 11.1. The molecule has 1 aliphatic heterocycles. The van der Waals surface area contributed by atoms with Gasteiger partial charge in [0, 0.05) is 46.1 Å². The number of hydrogen-bond acceptors (Lipinski definition) is 2. The third-order valence-electron chi connectivity index (χ3n) is 4.94. The predicted molar refractivity (Wildman–Crippen MR) is 102 cm³/mol. The zero-order valence-electron chi connectivity index (χ0n) is 14.3. The number of halogens is 1. The van der Waals surface area contributed by atoms with Crippen LogP contribution in [-0.4, -0.2) is 22.6 Å². The van der Waals surface area contributed by atoms with Crippen molar-refractivity contribution in [3.05, 3.63) is 34.2 Å². The number of piperidine rings is 1. The third kappa shape index (κ3) is 3.24. The molecule has 3 heterocycles. The van der Waals surface area contributed by atoms with Crippen molar-refractivity contribution in [1.29, 1.82) is 0 Å². The van der Waals surface area contributed by atoms with Crippen LogP contribution in [0.25, 0.3) is 17.0 Å². The number of aryl methyl sites for hydroxylation is 1. The Morgan fingerprint density at radius 3 is 3.04 bits per heavy atom. The maximum absolute atomic E-state index is 4.61. The van der Waals surface area contributed by atoms with Gasteiger partial charge in [-0.25, -0.2) is 0 Å². The first kappa shape index (κ1) is 16.7. The molecule has 0 aliphatic carbocycles. The smallest absolute Gasteiger partial charge is 0.0602 e. The summed E-state index contributed by atoms with van der Waals surface area (Å²) in [5, 5.41) is 4.77. The Balaban J connectivity index is 2.16. The van der Waals surface area contributed by atoms with Gasteiger partial charge < -0.3 is 9.88 Å². The number of aromatic nitrogens is 2. The van der Waals surface area contributed by atoms with Crippen molar-refractivity contribution in [3.63, 3.8) is 0 Å². The van der Waals surface area contributed by atoms with Gasteiger partial charge in [0.1, 0.15) is 0 Å². The molecule has 1 saturated heterocycles. The van der Waals surface area contributed by atoms with Crippen LogP contribution in [0.15, 0.2) is 22.9 Å². The van der Waals surface area contributed by atoms with E-state index in [9.17, 15) is 0 Å². The van der Waals surface area contributed by atoms with Gasteiger partial charge in [0.15, 0.2) is 0 Å². The summed E-state index contributed by atoms with van der Waals surface area (Å²) in [6.45, 7) is 8.86. The summed E-state index contributed by atoms with van der Waals surface area (Å²) in [4.78, 5) is 4.61. The number of unbranched alkanes of at least 4 members (excludes halogenated alkanes) is 1. The predicted octanol–water partition coefficient (Wildman–Crippen LogP) is 5.09. The van der Waals surface area contributed by atoms with Gasteiger partial charge >= 0.3 is 0 Å². The van der Waals surface area contributed by atoms with Crippen LogP contribution in [0.3, 0.4) is 0 Å². The first-order valence-corrected chi connectivity index (χ1v) is 9.45. The van der Waals surface area contributed by atoms with Gasteiger partial charge in [-0.05, 0) is 48.2 Å². The van der Waals surface area contributed by atoms with Gasteiger partial charge in [-0.3, -0.25) is 4.98 Å². The number of nitrogens with one attached hydrogen (secondary N) is 1. The quantitative estimate of drug-likeness (QED) is 0.806. The van der Waals surface area contributed by atoms with Crippen LogP contribution >= 0.6 is 15.9 Å². The normalized spacial score (nSPS) is 22.3. The van der Waals surface area contributed by atoms with E-state index in [1.54, 1.807) is 0 Å². The Morgan fingerprint density at radius 1 is 1.48 bits per heavy atom. The molecule has 0 radical (unpaired) electrons. The van der Waals surface area contributed by atoms with E-state index in [0.29, 0.717) is 12.0 Å². The van der Waals surface area contributed by atoms with Crippen LogP contribution in [0.2, 0.25) is 0 Å². The number of nitrogens with zero attached hydrogens (tertiary/aromatic N) is 2. The number of allylic oxidation sites excluding steroid dienone is 1. The second kappa shape index (κ2) is 7.18. The Kier molecular flexibility index (Phi) is 5.22. The third-order valence-corrected chi connectivity index (χ3v) is 5.57. The molecular weight excluding hydrogens is 350 g/mol. The summed E-state index contributed by atoms with van der Waals surface area (Å²) in [5.74, 6) is 0.680. The van der Waals surface area contributed by atoms with Crippen LogP contribution in [0.5, 0.6) is 0 Å². The summed E-state index contributed by atoms with van der Waals surface area (Å²) < 4.78 is 3.61. The summed E-state index contributed by atoms with van der Waals surface area (Å²) in [5.41, 5.74) is 3.69. The molecule has 1 fully saturated rings. The van der Waals surface area contributed by atoms with Crippen molar-refractivity contribution in [2.75, 3.05) is 13.1 Å². The minimum absolute atomic E-state index is 0.498. The maximum Gasteiger partial charge on any atom is 0.0602 e. The van der Waals surface area contributed by atoms with Crippen molar-refractivity contribution in [2.45, 2.75) is 46.1 Å². The molecule has 0 amide bonds. The van der Waals surface area contributed by atoms with E-state index >= 15 is 0 Å². The highest BCUT2D eigenvalue weighted by Crippen LogP contribution is 2.35. The monoisotopic (exact) mass is 375 g/mol. The van der Waals surface area contributed by atoms with E-state index < -0.39 is 0 Å². The molecule has 4 heteroatoms. The van der Waals surface area contributed by atoms with E-state index in [4.69, 9.17) is 0 Å². The molecule has 2 atom stereocenters. The summed E-state index contributed by atoms with van der Waals surface area (Å²) in [6, 6.07) is 0.498. The molecule has 23 heavy (non-hydrogen) atoms. The molecule has 1 N–H and O–H groups in total. The standard InChI is InChI=1S/C19H26BrN3/c1-4-5-6-7-15-14(3)22-10-16-17(20)12-23(19(15)16)18-11-21-9-8-13(18)2/h6-7,10,12-13,18,21H,4-5,8-9,11H2,1-3H3/b7-6-/t13-,18+/m1/s1. The van der Waals surface area contributed by atoms with Crippen LogP contribution in [0.4, 0.5) is 0 Å². The van der Waals surface area contributed by atoms with E-state index in [-0.39, 0.29) is 0 Å². The van der Waals surface area contributed by atoms with Gasteiger partial charge in [0.25, 0.3) is 0 Å². The molecule has 0 aromatic carbocycles. The van der Waals surface area contributed by atoms with Crippen molar-refractivity contribution in [1.82, 2.24) is 14.9 Å². The SMILES string of the molecule is CCC/C=C\c1c(C)ncc2c(Br)cn([C@H]3CNCC[C@H]3C)c12. The lowest BCUT2D eigenvalue weighted by Gasteiger charge is -2.31. The van der Waals surface area contributed by atoms with Crippen molar-refractivity contribution < 1.29 is 0 Å². The fourth-order valence-corrected chi connectivity index (χ4v) is 4.00. The molecule has 0 unspecified atom stereocenters. The zero-order chi connectivity index (χ0) is 16.4. The second-order valence-electron chi connectivity index (χ2n) is 6.63. The lowest BCUT2D eigenvalue weighted by molar-refractivity contribution is 0.280. The number of fused-ring (bicyclic) bond motifs is 1. The van der Waals surface area contributed by atoms with E-state index in [2.05, 4.69) is 69.9 Å². The van der Waals surface area contributed by atoms with Crippen molar-refractivity contribution in [3.8, 4) is 0 Å². The highest BCUT2D eigenvalue weighted by molar-refractivity contribution is 9.10. The van der Waals surface area contributed by atoms with Gasteiger partial charge in [-0.2, -0.15) is 0 Å². The average molecular weight is 376 g/mol. The fraction of sp³-hybridized carbons (Fsp3) is 0.526. The fourth-order valence-electron chi connectivity index (χ4n) is 3.49. The lowest BCUT2D eigenvalue weighted by Crippen LogP contribution is -2.36. The Morgan fingerprint density at radius 2 is 2.30 bits per heavy atom.